The number of anilines is 2. The van der Waals surface area contributed by atoms with Crippen LogP contribution in [0.2, 0.25) is 0 Å². The molecular formula is C16H17N5O3. The van der Waals surface area contributed by atoms with Crippen molar-refractivity contribution in [2.45, 2.75) is 0 Å². The maximum absolute atomic E-state index is 11.7. The number of nitrogens with one attached hydrogen (secondary N) is 2. The van der Waals surface area contributed by atoms with Gasteiger partial charge in [-0.2, -0.15) is 5.10 Å². The lowest BCUT2D eigenvalue weighted by Crippen LogP contribution is -2.24. The van der Waals surface area contributed by atoms with E-state index in [0.717, 1.165) is 5.69 Å². The minimum absolute atomic E-state index is 0.0456. The van der Waals surface area contributed by atoms with E-state index in [-0.39, 0.29) is 5.69 Å². The molecule has 2 rings (SSSR count). The van der Waals surface area contributed by atoms with Crippen LogP contribution in [0, 0.1) is 10.1 Å². The fourth-order valence-electron chi connectivity index (χ4n) is 2.01. The van der Waals surface area contributed by atoms with E-state index < -0.39 is 11.0 Å². The molecule has 0 saturated heterocycles. The number of nitrogens with zero attached hydrogens (tertiary/aromatic N) is 3. The number of nitro groups is 1. The Labute approximate surface area is 138 Å². The molecule has 0 heterocycles. The zero-order valence-electron chi connectivity index (χ0n) is 13.3. The highest BCUT2D eigenvalue weighted by atomic mass is 16.6. The molecule has 0 atom stereocenters. The molecule has 0 unspecified atom stereocenters. The fraction of sp³-hybridized carbons (Fsp3) is 0.125. The monoisotopic (exact) mass is 327 g/mol. The van der Waals surface area contributed by atoms with Crippen LogP contribution in [-0.4, -0.2) is 31.3 Å². The molecule has 2 N–H and O–H groups in total. The second kappa shape index (κ2) is 7.73. The Morgan fingerprint density at radius 3 is 2.54 bits per heavy atom. The number of rotatable bonds is 5. The van der Waals surface area contributed by atoms with Crippen LogP contribution in [0.3, 0.4) is 0 Å². The van der Waals surface area contributed by atoms with Gasteiger partial charge in [0.2, 0.25) is 0 Å². The Kier molecular flexibility index (Phi) is 5.45. The van der Waals surface area contributed by atoms with Crippen molar-refractivity contribution in [3.8, 4) is 0 Å². The van der Waals surface area contributed by atoms with Gasteiger partial charge >= 0.3 is 6.03 Å². The molecule has 0 aromatic heterocycles. The van der Waals surface area contributed by atoms with E-state index in [0.29, 0.717) is 11.3 Å². The smallest absolute Gasteiger partial charge is 0.339 e. The summed E-state index contributed by atoms with van der Waals surface area (Å²) in [5.41, 5.74) is 4.18. The van der Waals surface area contributed by atoms with Crippen molar-refractivity contribution in [1.82, 2.24) is 5.43 Å². The van der Waals surface area contributed by atoms with Crippen molar-refractivity contribution in [3.63, 3.8) is 0 Å². The number of benzene rings is 2. The number of para-hydroxylation sites is 1. The van der Waals surface area contributed by atoms with Gasteiger partial charge in [0.15, 0.2) is 0 Å². The minimum atomic E-state index is -0.505. The third kappa shape index (κ3) is 4.54. The van der Waals surface area contributed by atoms with Gasteiger partial charge in [-0.3, -0.25) is 10.1 Å². The number of hydrogen-bond acceptors (Lipinski definition) is 5. The van der Waals surface area contributed by atoms with Gasteiger partial charge < -0.3 is 10.2 Å². The van der Waals surface area contributed by atoms with Crippen LogP contribution in [0.4, 0.5) is 21.9 Å². The summed E-state index contributed by atoms with van der Waals surface area (Å²) in [6, 6.07) is 12.9. The van der Waals surface area contributed by atoms with E-state index in [1.807, 2.05) is 20.2 Å². The molecule has 2 aromatic rings. The first-order chi connectivity index (χ1) is 11.5. The SMILES string of the molecule is CN(C)c1ccc([N+](=O)[O-])cc1/C=N/NC(=O)Nc1ccccc1. The lowest BCUT2D eigenvalue weighted by atomic mass is 10.1. The third-order valence-electron chi connectivity index (χ3n) is 3.11. The van der Waals surface area contributed by atoms with E-state index >= 15 is 0 Å². The number of amides is 2. The quantitative estimate of drug-likeness (QED) is 0.501. The van der Waals surface area contributed by atoms with Gasteiger partial charge in [-0.25, -0.2) is 10.2 Å². The second-order valence-corrected chi connectivity index (χ2v) is 5.08. The minimum Gasteiger partial charge on any atom is -0.377 e. The Balaban J connectivity index is 2.08. The van der Waals surface area contributed by atoms with Crippen molar-refractivity contribution >= 4 is 29.3 Å². The van der Waals surface area contributed by atoms with Crippen LogP contribution in [-0.2, 0) is 0 Å². The van der Waals surface area contributed by atoms with Gasteiger partial charge in [0.05, 0.1) is 11.1 Å². The van der Waals surface area contributed by atoms with Gasteiger partial charge in [-0.05, 0) is 18.2 Å². The number of nitro benzene ring substituents is 1. The Bertz CT molecular complexity index is 760. The highest BCUT2D eigenvalue weighted by Gasteiger charge is 2.11. The van der Waals surface area contributed by atoms with Crippen LogP contribution < -0.4 is 15.6 Å². The summed E-state index contributed by atoms with van der Waals surface area (Å²) >= 11 is 0. The van der Waals surface area contributed by atoms with Crippen LogP contribution in [0.1, 0.15) is 5.56 Å². The first-order valence-corrected chi connectivity index (χ1v) is 7.08. The summed E-state index contributed by atoms with van der Waals surface area (Å²) < 4.78 is 0. The highest BCUT2D eigenvalue weighted by molar-refractivity contribution is 5.92. The van der Waals surface area contributed by atoms with E-state index in [9.17, 15) is 14.9 Å². The average Bonchev–Trinajstić information content (AvgIpc) is 2.55. The fourth-order valence-corrected chi connectivity index (χ4v) is 2.01. The van der Waals surface area contributed by atoms with E-state index in [1.54, 1.807) is 35.2 Å². The maximum atomic E-state index is 11.7. The number of hydrogen-bond donors (Lipinski definition) is 2. The van der Waals surface area contributed by atoms with Crippen LogP contribution in [0.5, 0.6) is 0 Å². The molecule has 0 aliphatic heterocycles. The predicted molar refractivity (Wildman–Crippen MR) is 93.6 cm³/mol. The first kappa shape index (κ1) is 16.9. The molecule has 0 aliphatic rings. The molecule has 0 aliphatic carbocycles. The van der Waals surface area contributed by atoms with Gasteiger partial charge in [0, 0.05) is 43.2 Å². The predicted octanol–water partition coefficient (Wildman–Crippen LogP) is 2.82. The molecule has 0 fully saturated rings. The zero-order chi connectivity index (χ0) is 17.5. The molecule has 0 bridgehead atoms. The summed E-state index contributed by atoms with van der Waals surface area (Å²) in [6.07, 6.45) is 1.37. The summed E-state index contributed by atoms with van der Waals surface area (Å²) in [4.78, 5) is 24.0. The molecule has 0 radical (unpaired) electrons. The molecule has 2 amide bonds. The molecule has 0 spiro atoms. The number of carbonyl (C=O) groups excluding carboxylic acids is 1. The molecule has 2 aromatic carbocycles. The third-order valence-corrected chi connectivity index (χ3v) is 3.11. The summed E-state index contributed by atoms with van der Waals surface area (Å²) in [6.45, 7) is 0. The van der Waals surface area contributed by atoms with Crippen molar-refractivity contribution in [2.24, 2.45) is 5.10 Å². The van der Waals surface area contributed by atoms with Gasteiger partial charge in [-0.15, -0.1) is 0 Å². The van der Waals surface area contributed by atoms with Crippen molar-refractivity contribution in [2.75, 3.05) is 24.3 Å². The van der Waals surface area contributed by atoms with Gasteiger partial charge in [-0.1, -0.05) is 18.2 Å². The normalized spacial score (nSPS) is 10.4. The van der Waals surface area contributed by atoms with Gasteiger partial charge in [0.1, 0.15) is 0 Å². The number of hydrazone groups is 1. The topological polar surface area (TPSA) is 99.9 Å². The van der Waals surface area contributed by atoms with E-state index in [1.165, 1.54) is 18.3 Å². The standard InChI is InChI=1S/C16H17N5O3/c1-20(2)15-9-8-14(21(23)24)10-12(15)11-17-19-16(22)18-13-6-4-3-5-7-13/h3-11H,1-2H3,(H2,18,19,22)/b17-11+. The molecule has 124 valence electrons. The van der Waals surface area contributed by atoms with Gasteiger partial charge in [0.25, 0.3) is 5.69 Å². The number of non-ortho nitro benzene ring substituents is 1. The highest BCUT2D eigenvalue weighted by Crippen LogP contribution is 2.22. The first-order valence-electron chi connectivity index (χ1n) is 7.08. The van der Waals surface area contributed by atoms with E-state index in [4.69, 9.17) is 0 Å². The molecule has 8 heteroatoms. The average molecular weight is 327 g/mol. The number of urea groups is 1. The van der Waals surface area contributed by atoms with E-state index in [2.05, 4.69) is 15.8 Å². The summed E-state index contributed by atoms with van der Waals surface area (Å²) in [7, 11) is 3.63. The van der Waals surface area contributed by atoms with Crippen LogP contribution in [0.25, 0.3) is 0 Å². The molecular weight excluding hydrogens is 310 g/mol. The summed E-state index contributed by atoms with van der Waals surface area (Å²) in [5, 5.41) is 17.3. The Morgan fingerprint density at radius 2 is 1.92 bits per heavy atom. The second-order valence-electron chi connectivity index (χ2n) is 5.08. The van der Waals surface area contributed by atoms with Crippen molar-refractivity contribution < 1.29 is 9.72 Å². The lowest BCUT2D eigenvalue weighted by molar-refractivity contribution is -0.384. The summed E-state index contributed by atoms with van der Waals surface area (Å²) in [5.74, 6) is 0. The number of carbonyl (C=O) groups is 1. The van der Waals surface area contributed by atoms with Crippen molar-refractivity contribution in [3.05, 3.63) is 64.2 Å². The Morgan fingerprint density at radius 1 is 1.21 bits per heavy atom. The zero-order valence-corrected chi connectivity index (χ0v) is 13.3. The maximum Gasteiger partial charge on any atom is 0.339 e. The lowest BCUT2D eigenvalue weighted by Gasteiger charge is -2.14. The molecule has 24 heavy (non-hydrogen) atoms. The molecule has 0 saturated carbocycles. The van der Waals surface area contributed by atoms with Crippen LogP contribution >= 0.6 is 0 Å². The van der Waals surface area contributed by atoms with Crippen LogP contribution in [0.15, 0.2) is 53.6 Å². The molecule has 8 nitrogen and oxygen atoms in total. The van der Waals surface area contributed by atoms with Crippen molar-refractivity contribution in [1.29, 1.82) is 0 Å². The Hall–Kier alpha value is -3.42. The largest absolute Gasteiger partial charge is 0.377 e.